The van der Waals surface area contributed by atoms with Crippen molar-refractivity contribution < 1.29 is 24.2 Å². The molecule has 0 aliphatic carbocycles. The van der Waals surface area contributed by atoms with Gasteiger partial charge in [0.1, 0.15) is 12.1 Å². The fourth-order valence-electron chi connectivity index (χ4n) is 3.92. The molecule has 2 heterocycles. The molecule has 1 atom stereocenters. The van der Waals surface area contributed by atoms with E-state index in [9.17, 15) is 0 Å². The molecule has 1 aliphatic rings. The normalized spacial score (nSPS) is 13.1. The fourth-order valence-corrected chi connectivity index (χ4v) is 6.01. The Morgan fingerprint density at radius 2 is 1.83 bits per heavy atom. The van der Waals surface area contributed by atoms with Crippen molar-refractivity contribution >= 4 is 47.4 Å². The largest absolute Gasteiger partial charge is 0.493 e. The minimum atomic E-state index is -0.250. The zero-order valence-electron chi connectivity index (χ0n) is 24.9. The van der Waals surface area contributed by atoms with Gasteiger partial charge < -0.3 is 24.8 Å². The number of hydrogen-bond acceptors (Lipinski definition) is 10. The highest BCUT2D eigenvalue weighted by Gasteiger charge is 2.26. The van der Waals surface area contributed by atoms with E-state index in [0.717, 1.165) is 47.0 Å². The molecule has 0 bridgehead atoms. The Hall–Kier alpha value is -3.41. The number of amidine groups is 1. The molecule has 224 valence electrons. The minimum Gasteiger partial charge on any atom is -0.493 e. The van der Waals surface area contributed by atoms with Crippen LogP contribution in [0.1, 0.15) is 59.0 Å². The number of rotatable bonds is 7. The predicted molar refractivity (Wildman–Crippen MR) is 170 cm³/mol. The number of carbonyl (C=O) groups excluding carboxylic acids is 1. The third-order valence-corrected chi connectivity index (χ3v) is 7.83. The number of thiazole rings is 1. The molecule has 41 heavy (non-hydrogen) atoms. The standard InChI is InChI=1S/C20H25N3O2S.C7H11NS.C2H4O.CH2O2/c1-5-13-9-10-16-15(11-13)20(26-12-18(22-16)23-21-2)14-7-6-8-17(24-3)19(14)25-4;1-3-4-7-5-8-6(2)9-7;1-2-3;2-1-3/h6-11,20-21H,5,12H2,1-4H3,(H,22,23);5H,3-4H2,1-2H3;2H,1H3;1H,(H,2,3)/t20-;;;/m1.../s1. The number of hydrogen-bond donors (Lipinski definition) is 3. The second kappa shape index (κ2) is 20.5. The van der Waals surface area contributed by atoms with E-state index in [-0.39, 0.29) is 11.7 Å². The van der Waals surface area contributed by atoms with Gasteiger partial charge in [0.2, 0.25) is 0 Å². The van der Waals surface area contributed by atoms with Crippen LogP contribution in [-0.2, 0) is 22.4 Å². The summed E-state index contributed by atoms with van der Waals surface area (Å²) in [5.74, 6) is 3.21. The molecule has 0 saturated carbocycles. The molecule has 0 spiro atoms. The van der Waals surface area contributed by atoms with Crippen molar-refractivity contribution in [2.24, 2.45) is 4.99 Å². The van der Waals surface area contributed by atoms with E-state index in [1.54, 1.807) is 25.6 Å². The lowest BCUT2D eigenvalue weighted by Gasteiger charge is -2.21. The summed E-state index contributed by atoms with van der Waals surface area (Å²) in [5.41, 5.74) is 10.7. The van der Waals surface area contributed by atoms with Gasteiger partial charge in [-0.1, -0.05) is 44.5 Å². The molecular formula is C30H42N4O5S2. The van der Waals surface area contributed by atoms with Gasteiger partial charge in [-0.3, -0.25) is 4.79 Å². The third kappa shape index (κ3) is 11.5. The van der Waals surface area contributed by atoms with Crippen LogP contribution in [-0.4, -0.2) is 55.7 Å². The van der Waals surface area contributed by atoms with E-state index in [1.165, 1.54) is 40.8 Å². The number of carbonyl (C=O) groups is 2. The molecule has 3 N–H and O–H groups in total. The van der Waals surface area contributed by atoms with Crippen LogP contribution in [0.2, 0.25) is 0 Å². The molecule has 0 saturated heterocycles. The van der Waals surface area contributed by atoms with Gasteiger partial charge in [-0.15, -0.1) is 23.1 Å². The number of aliphatic imine (C=N–C) groups is 1. The molecule has 0 amide bonds. The van der Waals surface area contributed by atoms with E-state index in [1.807, 2.05) is 44.1 Å². The molecule has 2 aromatic carbocycles. The summed E-state index contributed by atoms with van der Waals surface area (Å²) < 4.78 is 11.2. The average molecular weight is 603 g/mol. The van der Waals surface area contributed by atoms with Gasteiger partial charge >= 0.3 is 0 Å². The summed E-state index contributed by atoms with van der Waals surface area (Å²) in [6.45, 7) is 7.60. The minimum absolute atomic E-state index is 0.112. The van der Waals surface area contributed by atoms with Crippen LogP contribution in [0, 0.1) is 6.92 Å². The summed E-state index contributed by atoms with van der Waals surface area (Å²) >= 11 is 3.63. The van der Waals surface area contributed by atoms with Gasteiger partial charge in [0.15, 0.2) is 11.5 Å². The van der Waals surface area contributed by atoms with Crippen molar-refractivity contribution in [3.05, 3.63) is 69.2 Å². The van der Waals surface area contributed by atoms with Crippen molar-refractivity contribution in [3.63, 3.8) is 0 Å². The number of para-hydroxylation sites is 1. The number of nitrogens with zero attached hydrogens (tertiary/aromatic N) is 2. The molecule has 1 aromatic heterocycles. The maximum Gasteiger partial charge on any atom is 0.290 e. The zero-order valence-corrected chi connectivity index (χ0v) is 26.5. The Bertz CT molecular complexity index is 1230. The van der Waals surface area contributed by atoms with Crippen molar-refractivity contribution in [3.8, 4) is 11.5 Å². The summed E-state index contributed by atoms with van der Waals surface area (Å²) in [6.07, 6.45) is 6.13. The maximum atomic E-state index is 8.81. The molecular weight excluding hydrogens is 560 g/mol. The van der Waals surface area contributed by atoms with Crippen LogP contribution in [0.25, 0.3) is 0 Å². The van der Waals surface area contributed by atoms with Crippen LogP contribution in [0.4, 0.5) is 5.69 Å². The van der Waals surface area contributed by atoms with Crippen molar-refractivity contribution in [2.75, 3.05) is 27.0 Å². The van der Waals surface area contributed by atoms with Crippen LogP contribution in [0.3, 0.4) is 0 Å². The molecule has 0 radical (unpaired) electrons. The summed E-state index contributed by atoms with van der Waals surface area (Å²) in [6, 6.07) is 12.6. The van der Waals surface area contributed by atoms with E-state index in [4.69, 9.17) is 29.2 Å². The van der Waals surface area contributed by atoms with Gasteiger partial charge in [-0.25, -0.2) is 15.4 Å². The summed E-state index contributed by atoms with van der Waals surface area (Å²) in [4.78, 5) is 27.6. The number of fused-ring (bicyclic) bond motifs is 1. The van der Waals surface area contributed by atoms with E-state index in [2.05, 4.69) is 53.9 Å². The summed E-state index contributed by atoms with van der Waals surface area (Å²) in [5, 5.41) is 8.18. The van der Waals surface area contributed by atoms with E-state index < -0.39 is 0 Å². The fraction of sp³-hybridized carbons (Fsp3) is 0.400. The third-order valence-electron chi connectivity index (χ3n) is 5.58. The van der Waals surface area contributed by atoms with Crippen LogP contribution >= 0.6 is 23.1 Å². The lowest BCUT2D eigenvalue weighted by Crippen LogP contribution is -2.35. The number of thioether (sulfide) groups is 1. The first-order valence-electron chi connectivity index (χ1n) is 13.2. The Kier molecular flexibility index (Phi) is 17.8. The summed E-state index contributed by atoms with van der Waals surface area (Å²) in [7, 11) is 5.21. The number of aryl methyl sites for hydroxylation is 3. The number of aromatic nitrogens is 1. The Morgan fingerprint density at radius 1 is 1.12 bits per heavy atom. The highest BCUT2D eigenvalue weighted by atomic mass is 32.2. The zero-order chi connectivity index (χ0) is 30.6. The Labute approximate surface area is 251 Å². The highest BCUT2D eigenvalue weighted by Crippen LogP contribution is 2.48. The number of benzene rings is 2. The number of carboxylic acid groups (broad SMARTS) is 1. The van der Waals surface area contributed by atoms with E-state index in [0.29, 0.717) is 0 Å². The first-order chi connectivity index (χ1) is 19.9. The Morgan fingerprint density at radius 3 is 2.37 bits per heavy atom. The predicted octanol–water partition coefficient (Wildman–Crippen LogP) is 6.17. The molecule has 0 unspecified atom stereocenters. The average Bonchev–Trinajstić information content (AvgIpc) is 3.30. The van der Waals surface area contributed by atoms with Crippen molar-refractivity contribution in [2.45, 2.75) is 52.2 Å². The number of ether oxygens (including phenoxy) is 2. The monoisotopic (exact) mass is 602 g/mol. The molecule has 0 fully saturated rings. The maximum absolute atomic E-state index is 8.81. The number of aldehydes is 1. The first kappa shape index (κ1) is 35.6. The number of hydrazine groups is 1. The van der Waals surface area contributed by atoms with Crippen molar-refractivity contribution in [1.82, 2.24) is 15.8 Å². The smallest absolute Gasteiger partial charge is 0.290 e. The molecule has 4 rings (SSSR count). The lowest BCUT2D eigenvalue weighted by atomic mass is 9.98. The second-order valence-electron chi connectivity index (χ2n) is 8.39. The van der Waals surface area contributed by atoms with Crippen LogP contribution in [0.5, 0.6) is 11.5 Å². The number of methoxy groups -OCH3 is 2. The topological polar surface area (TPSA) is 122 Å². The Balaban J connectivity index is 0.000000462. The molecule has 3 aromatic rings. The quantitative estimate of drug-likeness (QED) is 0.215. The van der Waals surface area contributed by atoms with Crippen LogP contribution < -0.4 is 20.3 Å². The number of nitrogens with one attached hydrogen (secondary N) is 2. The molecule has 11 heteroatoms. The van der Waals surface area contributed by atoms with Gasteiger partial charge in [-0.05, 0) is 49.9 Å². The van der Waals surface area contributed by atoms with Gasteiger partial charge in [0, 0.05) is 23.7 Å². The van der Waals surface area contributed by atoms with Gasteiger partial charge in [0.05, 0.1) is 35.9 Å². The SMILES string of the molecule is CC=O.CCCc1cnc(C)s1.CCc1ccc2c(c1)[C@@H](c1cccc(OC)c1OC)SCC(NNC)=N2.O=CO. The highest BCUT2D eigenvalue weighted by molar-refractivity contribution is 8.00. The van der Waals surface area contributed by atoms with Crippen LogP contribution in [0.15, 0.2) is 47.6 Å². The molecule has 9 nitrogen and oxygen atoms in total. The van der Waals surface area contributed by atoms with Crippen molar-refractivity contribution in [1.29, 1.82) is 0 Å². The second-order valence-corrected chi connectivity index (χ2v) is 10.8. The van der Waals surface area contributed by atoms with Gasteiger partial charge in [0.25, 0.3) is 6.47 Å². The van der Waals surface area contributed by atoms with E-state index >= 15 is 0 Å². The first-order valence-corrected chi connectivity index (χ1v) is 15.1. The van der Waals surface area contributed by atoms with Gasteiger partial charge in [-0.2, -0.15) is 0 Å². The lowest BCUT2D eigenvalue weighted by molar-refractivity contribution is -0.122. The molecule has 1 aliphatic heterocycles.